The number of aromatic nitrogens is 1. The highest BCUT2D eigenvalue weighted by molar-refractivity contribution is 7.22. The molecule has 2 aromatic carbocycles. The lowest BCUT2D eigenvalue weighted by Gasteiger charge is -2.13. The fraction of sp³-hybridized carbons (Fsp3) is 0.0952. The minimum absolute atomic E-state index is 0.135. The van der Waals surface area contributed by atoms with Crippen molar-refractivity contribution in [2.24, 2.45) is 5.10 Å². The van der Waals surface area contributed by atoms with Crippen LogP contribution < -0.4 is 9.75 Å². The van der Waals surface area contributed by atoms with Crippen molar-refractivity contribution in [2.45, 2.75) is 6.92 Å². The number of methoxy groups -OCH3 is 1. The molecule has 0 radical (unpaired) electrons. The van der Waals surface area contributed by atoms with E-state index in [-0.39, 0.29) is 5.76 Å². The first-order valence-corrected chi connectivity index (χ1v) is 9.90. The highest BCUT2D eigenvalue weighted by Gasteiger charge is 2.21. The molecular formula is C21H16N4O5S. The lowest BCUT2D eigenvalue weighted by Crippen LogP contribution is -2.25. The van der Waals surface area contributed by atoms with Crippen LogP contribution in [0.2, 0.25) is 0 Å². The van der Waals surface area contributed by atoms with Gasteiger partial charge in [0, 0.05) is 5.56 Å². The van der Waals surface area contributed by atoms with Gasteiger partial charge in [-0.05, 0) is 43.3 Å². The number of furan rings is 1. The Labute approximate surface area is 180 Å². The number of aryl methyl sites for hydroxylation is 1. The van der Waals surface area contributed by atoms with Gasteiger partial charge in [0.05, 0.1) is 29.6 Å². The van der Waals surface area contributed by atoms with Crippen molar-refractivity contribution in [3.05, 3.63) is 81.6 Å². The van der Waals surface area contributed by atoms with E-state index in [1.165, 1.54) is 29.7 Å². The van der Waals surface area contributed by atoms with Crippen molar-refractivity contribution in [2.75, 3.05) is 12.1 Å². The number of carbonyl (C=O) groups is 1. The second-order valence-electron chi connectivity index (χ2n) is 6.49. The Kier molecular flexibility index (Phi) is 5.46. The van der Waals surface area contributed by atoms with Gasteiger partial charge in [0.25, 0.3) is 5.91 Å². The third kappa shape index (κ3) is 4.28. The molecule has 156 valence electrons. The van der Waals surface area contributed by atoms with Crippen LogP contribution in [0, 0.1) is 17.0 Å². The monoisotopic (exact) mass is 436 g/mol. The number of hydrogen-bond donors (Lipinski definition) is 0. The van der Waals surface area contributed by atoms with Crippen LogP contribution in [0.3, 0.4) is 0 Å². The molecule has 0 saturated heterocycles. The molecule has 0 fully saturated rings. The topological polar surface area (TPSA) is 111 Å². The average Bonchev–Trinajstić information content (AvgIpc) is 3.41. The fourth-order valence-electron chi connectivity index (χ4n) is 2.74. The molecule has 0 aliphatic rings. The van der Waals surface area contributed by atoms with Crippen LogP contribution >= 0.6 is 11.3 Å². The molecule has 2 heterocycles. The molecular weight excluding hydrogens is 420 g/mol. The van der Waals surface area contributed by atoms with E-state index in [9.17, 15) is 14.9 Å². The molecule has 10 heteroatoms. The number of nitrogens with zero attached hydrogens (tertiary/aromatic N) is 4. The lowest BCUT2D eigenvalue weighted by molar-refractivity contribution is -0.402. The van der Waals surface area contributed by atoms with Crippen LogP contribution in [-0.4, -0.2) is 29.1 Å². The van der Waals surface area contributed by atoms with Gasteiger partial charge in [-0.1, -0.05) is 29.0 Å². The molecule has 4 rings (SSSR count). The van der Waals surface area contributed by atoms with E-state index in [0.29, 0.717) is 22.0 Å². The molecule has 0 aliphatic carbocycles. The Bertz CT molecular complexity index is 1290. The molecule has 0 N–H and O–H groups in total. The number of hydrazone groups is 1. The fourth-order valence-corrected chi connectivity index (χ4v) is 3.69. The number of thiazole rings is 1. The van der Waals surface area contributed by atoms with E-state index in [1.807, 2.05) is 25.1 Å². The second-order valence-corrected chi connectivity index (χ2v) is 7.50. The molecule has 4 aromatic rings. The number of nitro groups is 1. The minimum Gasteiger partial charge on any atom is -0.497 e. The number of carbonyl (C=O) groups excluding carboxylic acids is 1. The van der Waals surface area contributed by atoms with Gasteiger partial charge in [0.1, 0.15) is 10.7 Å². The second kappa shape index (κ2) is 8.36. The summed E-state index contributed by atoms with van der Waals surface area (Å²) in [5.41, 5.74) is 2.12. The first kappa shape index (κ1) is 20.2. The van der Waals surface area contributed by atoms with Crippen molar-refractivity contribution in [3.63, 3.8) is 0 Å². The summed E-state index contributed by atoms with van der Waals surface area (Å²) in [6.45, 7) is 1.93. The largest absolute Gasteiger partial charge is 0.497 e. The molecule has 0 spiro atoms. The number of amides is 1. The molecule has 0 atom stereocenters. The summed E-state index contributed by atoms with van der Waals surface area (Å²) in [7, 11) is 1.57. The lowest BCUT2D eigenvalue weighted by atomic mass is 10.1. The van der Waals surface area contributed by atoms with Gasteiger partial charge in [-0.25, -0.2) is 4.98 Å². The van der Waals surface area contributed by atoms with E-state index in [4.69, 9.17) is 9.15 Å². The summed E-state index contributed by atoms with van der Waals surface area (Å²) < 4.78 is 11.2. The first-order chi connectivity index (χ1) is 14.9. The summed E-state index contributed by atoms with van der Waals surface area (Å²) in [5, 5.41) is 16.6. The van der Waals surface area contributed by atoms with Crippen molar-refractivity contribution >= 4 is 44.7 Å². The Morgan fingerprint density at radius 2 is 2.00 bits per heavy atom. The summed E-state index contributed by atoms with van der Waals surface area (Å²) in [4.78, 5) is 27.9. The maximum atomic E-state index is 13.2. The van der Waals surface area contributed by atoms with E-state index in [2.05, 4.69) is 10.1 Å². The van der Waals surface area contributed by atoms with E-state index < -0.39 is 16.7 Å². The molecule has 2 aromatic heterocycles. The number of rotatable bonds is 6. The zero-order valence-electron chi connectivity index (χ0n) is 16.5. The van der Waals surface area contributed by atoms with E-state index in [1.54, 1.807) is 31.4 Å². The highest BCUT2D eigenvalue weighted by atomic mass is 32.1. The van der Waals surface area contributed by atoms with Crippen LogP contribution in [0.1, 0.15) is 21.7 Å². The standard InChI is InChI=1S/C21H16N4O5S/c1-13-3-5-14(6-4-13)20(26)24(22-12-16-8-10-19(30-16)25(27)28)21-23-17-9-7-15(29-2)11-18(17)31-21/h3-12H,1-2H3/b22-12+. The van der Waals surface area contributed by atoms with Crippen LogP contribution in [-0.2, 0) is 0 Å². The maximum absolute atomic E-state index is 13.2. The number of hydrogen-bond acceptors (Lipinski definition) is 8. The summed E-state index contributed by atoms with van der Waals surface area (Å²) in [5.74, 6) is -0.00466. The number of ether oxygens (including phenoxy) is 1. The predicted molar refractivity (Wildman–Crippen MR) is 117 cm³/mol. The predicted octanol–water partition coefficient (Wildman–Crippen LogP) is 4.80. The average molecular weight is 436 g/mol. The van der Waals surface area contributed by atoms with Crippen molar-refractivity contribution < 1.29 is 18.9 Å². The van der Waals surface area contributed by atoms with Gasteiger partial charge in [-0.2, -0.15) is 10.1 Å². The smallest absolute Gasteiger partial charge is 0.433 e. The third-order valence-electron chi connectivity index (χ3n) is 4.35. The minimum atomic E-state index is -0.645. The molecule has 9 nitrogen and oxygen atoms in total. The van der Waals surface area contributed by atoms with E-state index >= 15 is 0 Å². The van der Waals surface area contributed by atoms with Gasteiger partial charge >= 0.3 is 5.88 Å². The quantitative estimate of drug-likeness (QED) is 0.244. The maximum Gasteiger partial charge on any atom is 0.433 e. The van der Waals surface area contributed by atoms with Crippen molar-refractivity contribution in [3.8, 4) is 5.75 Å². The van der Waals surface area contributed by atoms with Crippen LogP contribution in [0.15, 0.2) is 64.1 Å². The molecule has 0 bridgehead atoms. The Hall–Kier alpha value is -4.05. The summed E-state index contributed by atoms with van der Waals surface area (Å²) in [6.07, 6.45) is 1.24. The van der Waals surface area contributed by atoms with Gasteiger partial charge in [0.15, 0.2) is 5.76 Å². The highest BCUT2D eigenvalue weighted by Crippen LogP contribution is 2.32. The number of fused-ring (bicyclic) bond motifs is 1. The van der Waals surface area contributed by atoms with Gasteiger partial charge in [-0.15, -0.1) is 0 Å². The number of benzene rings is 2. The molecule has 0 aliphatic heterocycles. The van der Waals surface area contributed by atoms with E-state index in [0.717, 1.165) is 15.3 Å². The molecule has 1 amide bonds. The van der Waals surface area contributed by atoms with Crippen molar-refractivity contribution in [1.29, 1.82) is 0 Å². The summed E-state index contributed by atoms with van der Waals surface area (Å²) in [6, 6.07) is 15.1. The van der Waals surface area contributed by atoms with Gasteiger partial charge in [-0.3, -0.25) is 14.9 Å². The van der Waals surface area contributed by atoms with Gasteiger partial charge < -0.3 is 9.15 Å². The van der Waals surface area contributed by atoms with Crippen LogP contribution in [0.25, 0.3) is 10.2 Å². The Morgan fingerprint density at radius 3 is 2.68 bits per heavy atom. The summed E-state index contributed by atoms with van der Waals surface area (Å²) >= 11 is 1.27. The third-order valence-corrected chi connectivity index (χ3v) is 5.34. The number of anilines is 1. The zero-order valence-corrected chi connectivity index (χ0v) is 17.3. The zero-order chi connectivity index (χ0) is 22.0. The normalized spacial score (nSPS) is 11.2. The van der Waals surface area contributed by atoms with Crippen LogP contribution in [0.4, 0.5) is 11.0 Å². The van der Waals surface area contributed by atoms with Gasteiger partial charge in [0.2, 0.25) is 5.13 Å². The Morgan fingerprint density at radius 1 is 1.23 bits per heavy atom. The molecule has 0 saturated carbocycles. The first-order valence-electron chi connectivity index (χ1n) is 9.08. The van der Waals surface area contributed by atoms with Crippen molar-refractivity contribution in [1.82, 2.24) is 4.98 Å². The molecule has 31 heavy (non-hydrogen) atoms. The SMILES string of the molecule is COc1ccc2nc(N(/N=C/c3ccc([N+](=O)[O-])o3)C(=O)c3ccc(C)cc3)sc2c1. The van der Waals surface area contributed by atoms with Crippen LogP contribution in [0.5, 0.6) is 5.75 Å². The Balaban J connectivity index is 1.74. The molecule has 0 unspecified atom stereocenters.